The van der Waals surface area contributed by atoms with E-state index in [9.17, 15) is 111 Å². The standard InChI is InChI=1S/C20H25BFN4O4.C14H16N2O4.C13H19BFN4O7S.C13H19BFN4O4.C12H19FN4O6S.C6H11BFN2O/c22-16-11-24(21-13-27)9-8-17(16)23-19(28)18-7-6-15-10-25(18)20(29)26(15)30-12-14-4-2-1-3-5-14;17-13(18)12-7-6-11-8-15(12)14(19)16(11)20-9-10-4-2-1-3-5-10;15-9-6-17(14-7-20)4-3-10(9)16-12(21)11-2-1-8-5-18(11)13(22)19(8)26-27(23,24)25;15-9-6-17(14-7-20)4-3-10(9)16-12(21)11-2-1-8-5-18(11)13(22)19(8)23;13-8-5-14-4-3-9(8)15-11(18)10-2-1-7-6-16(10)12(19)17(7)23-24(20,21)22;8-5-3-10(7-4-11)2-1-6(5)9/h1-5,13,15-18H,6-12H2,(H,23,28);1-5,11-12H,6-9H2,(H,17,18);7-11H,1-6H2,(H,16,21)(H,23,24,25);7-11,23H,1-6H2,(H,16,21);7-10,14H,1-6H2,(H,15,18)(H,20,21,22);4-6H,1-3,9H2/t15-,16-,17+,18+;11-,12+;2*8-,9-,10+,11+;7-,8-,9+,10+;5-,6+/m111111/s1. The fourth-order valence-corrected chi connectivity index (χ4v) is 19.7. The summed E-state index contributed by atoms with van der Waals surface area (Å²) < 4.78 is 139. The van der Waals surface area contributed by atoms with Crippen molar-refractivity contribution in [3.63, 3.8) is 0 Å². The van der Waals surface area contributed by atoms with E-state index in [1.54, 1.807) is 14.4 Å². The number of benzene rings is 2. The van der Waals surface area contributed by atoms with Gasteiger partial charge in [0.2, 0.25) is 23.6 Å². The Morgan fingerprint density at radius 1 is 0.400 bits per heavy atom. The average Bonchev–Trinajstić information content (AvgIpc) is 1.70. The number of carbonyl (C=O) groups is 14. The average molecular weight is 1950 g/mol. The van der Waals surface area contributed by atoms with Crippen LogP contribution < -0.4 is 32.3 Å². The van der Waals surface area contributed by atoms with Crippen molar-refractivity contribution in [2.24, 2.45) is 5.73 Å². The van der Waals surface area contributed by atoms with Crippen molar-refractivity contribution in [3.05, 3.63) is 71.8 Å². The Kier molecular flexibility index (Phi) is 36.6. The van der Waals surface area contributed by atoms with Crippen LogP contribution in [0.25, 0.3) is 0 Å². The molecule has 57 heteroatoms. The number of nitrogens with one attached hydrogen (secondary N) is 5. The molecule has 736 valence electrons. The summed E-state index contributed by atoms with van der Waals surface area (Å²) in [5.41, 5.74) is 7.37. The molecule has 20 atom stereocenters. The van der Waals surface area contributed by atoms with Gasteiger partial charge < -0.3 is 100 Å². The summed E-state index contributed by atoms with van der Waals surface area (Å²) in [7, 11) is -4.46. The number of amides is 14. The van der Waals surface area contributed by atoms with Crippen LogP contribution >= 0.6 is 0 Å². The van der Waals surface area contributed by atoms with Crippen molar-refractivity contribution >= 4 is 135 Å². The largest absolute Gasteiger partial charge is 0.480 e. The lowest BCUT2D eigenvalue weighted by molar-refractivity contribution is -0.143. The molecule has 15 fully saturated rings. The second-order valence-corrected chi connectivity index (χ2v) is 36.9. The summed E-state index contributed by atoms with van der Waals surface area (Å²) in [5.74, 6) is -2.65. The van der Waals surface area contributed by atoms with E-state index in [2.05, 4.69) is 35.2 Å². The Balaban J connectivity index is 0.000000148. The molecule has 46 nitrogen and oxygen atoms in total. The van der Waals surface area contributed by atoms with Gasteiger partial charge in [-0.05, 0) is 140 Å². The summed E-state index contributed by atoms with van der Waals surface area (Å²) in [6, 6.07) is 8.10. The van der Waals surface area contributed by atoms with Gasteiger partial charge in [0.25, 0.3) is 29.7 Å². The Morgan fingerprint density at radius 2 is 0.696 bits per heavy atom. The number of hydrogen-bond donors (Lipinski definition) is 10. The topological polar surface area (TPSA) is 557 Å². The molecule has 4 radical (unpaired) electrons. The van der Waals surface area contributed by atoms with E-state index in [-0.39, 0.29) is 107 Å². The first-order chi connectivity index (χ1) is 64.4. The van der Waals surface area contributed by atoms with Gasteiger partial charge in [0.15, 0.2) is 0 Å². The van der Waals surface area contributed by atoms with Crippen LogP contribution in [0.15, 0.2) is 60.7 Å². The Labute approximate surface area is 777 Å². The van der Waals surface area contributed by atoms with Gasteiger partial charge in [-0.3, -0.25) is 43.2 Å². The van der Waals surface area contributed by atoms with E-state index in [0.717, 1.165) is 16.0 Å². The molecule has 0 spiro atoms. The van der Waals surface area contributed by atoms with E-state index in [1.165, 1.54) is 64.2 Å². The van der Waals surface area contributed by atoms with Gasteiger partial charge in [-0.2, -0.15) is 37.1 Å². The number of rotatable bonds is 27. The first kappa shape index (κ1) is 104. The number of halogens is 5. The second-order valence-electron chi connectivity index (χ2n) is 34.9. The number of aliphatic carboxylic acids is 1. The van der Waals surface area contributed by atoms with Crippen molar-refractivity contribution in [1.29, 1.82) is 0 Å². The number of carboxylic acids is 1. The minimum Gasteiger partial charge on any atom is -0.480 e. The molecule has 15 aliphatic heterocycles. The molecular weight excluding hydrogens is 1840 g/mol. The van der Waals surface area contributed by atoms with E-state index >= 15 is 0 Å². The van der Waals surface area contributed by atoms with Crippen LogP contribution in [-0.4, -0.2) is 439 Å². The monoisotopic (exact) mass is 1940 g/mol. The third kappa shape index (κ3) is 26.9. The Morgan fingerprint density at radius 3 is 1.02 bits per heavy atom. The molecule has 14 amide bonds. The van der Waals surface area contributed by atoms with Crippen LogP contribution in [0.2, 0.25) is 0 Å². The number of alkyl halides is 5. The predicted octanol–water partition coefficient (Wildman–Crippen LogP) is -2.52. The number of piperidine rings is 10. The molecule has 0 unspecified atom stereocenters. The van der Waals surface area contributed by atoms with Gasteiger partial charge in [0.05, 0.1) is 79.1 Å². The number of nitrogens with two attached hydrogens (primary N) is 1. The van der Waals surface area contributed by atoms with E-state index < -0.39 is 154 Å². The number of carbonyl (C=O) groups excluding carboxylic acids is 13. The number of carboxylic acid groups (broad SMARTS) is 1. The molecule has 135 heavy (non-hydrogen) atoms. The molecule has 15 aliphatic rings. The fraction of sp³-hybridized carbons (Fsp3) is 0.667. The molecule has 17 rings (SSSR count). The van der Waals surface area contributed by atoms with Gasteiger partial charge in [-0.1, -0.05) is 60.7 Å². The van der Waals surface area contributed by atoms with Crippen LogP contribution in [0.4, 0.5) is 45.9 Å². The number of fused-ring (bicyclic) bond motifs is 10. The summed E-state index contributed by atoms with van der Waals surface area (Å²) in [6.07, 6.45) is 3.05. The molecule has 11 N–H and O–H groups in total. The normalized spacial score (nSPS) is 31.1. The highest BCUT2D eigenvalue weighted by Gasteiger charge is 2.55. The first-order valence-corrected chi connectivity index (χ1v) is 47.2. The predicted molar refractivity (Wildman–Crippen MR) is 463 cm³/mol. The van der Waals surface area contributed by atoms with Gasteiger partial charge in [0.1, 0.15) is 74.3 Å². The van der Waals surface area contributed by atoms with Crippen molar-refractivity contribution in [1.82, 2.24) is 95.6 Å². The maximum Gasteiger partial charge on any atom is 0.418 e. The van der Waals surface area contributed by atoms with Crippen molar-refractivity contribution in [3.8, 4) is 0 Å². The minimum atomic E-state index is -4.86. The summed E-state index contributed by atoms with van der Waals surface area (Å²) in [5, 5.41) is 36.8. The Hall–Kier alpha value is -9.89. The molecule has 0 aromatic heterocycles. The molecule has 10 bridgehead atoms. The number of hydroxylamine groups is 10. The highest BCUT2D eigenvalue weighted by molar-refractivity contribution is 7.81. The Bertz CT molecular complexity index is 4750. The zero-order valence-corrected chi connectivity index (χ0v) is 75.0. The lowest BCUT2D eigenvalue weighted by atomic mass is 9.89. The second kappa shape index (κ2) is 47.4. The SMILES string of the molecule is N[C@H]1CCN([B]C=O)C[C@H]1F.O=C(N[C@H]1CCNC[C@H]1F)[C@@H]1CC[C@@H]2CN1C(=O)N2OS(=O)(=O)O.O=C(O)[C@@H]1CC[C@@H]2CN1C(=O)N2OCc1ccccc1.O=C[B]N1CC[C@H](NC(=O)[C@@H]2CC[C@@H]3CN2C(=O)N3O)[C@H](F)C1.O=C[B]N1CC[C@H](NC(=O)[C@@H]2CC[C@@H]3CN2C(=O)N3OCc2ccccc2)[C@H](F)C1.O=C[B]N1CC[C@H](NC(=O)[C@@H]2CC[C@@H]3CN2C(=O)N3OS(=O)(=O)O)[C@H](F)C1. The van der Waals surface area contributed by atoms with Crippen molar-refractivity contribution in [2.45, 2.75) is 231 Å². The van der Waals surface area contributed by atoms with E-state index in [1.807, 2.05) is 60.7 Å². The zero-order chi connectivity index (χ0) is 97.3. The minimum absolute atomic E-state index is 0.0188. The van der Waals surface area contributed by atoms with Crippen LogP contribution in [0.1, 0.15) is 107 Å². The van der Waals surface area contributed by atoms with Crippen LogP contribution in [0, 0.1) is 0 Å². The quantitative estimate of drug-likeness (QED) is 0.0145. The third-order valence-corrected chi connectivity index (χ3v) is 26.8. The smallest absolute Gasteiger partial charge is 0.418 e. The van der Waals surface area contributed by atoms with Gasteiger partial charge in [-0.25, -0.2) is 55.8 Å². The fourth-order valence-electron chi connectivity index (χ4n) is 18.9. The summed E-state index contributed by atoms with van der Waals surface area (Å²) in [6.45, 7) is 5.16. The molecule has 0 aliphatic carbocycles. The maximum atomic E-state index is 14.4. The van der Waals surface area contributed by atoms with Crippen molar-refractivity contribution in [2.75, 3.05) is 98.2 Å². The molecule has 15 saturated heterocycles. The zero-order valence-electron chi connectivity index (χ0n) is 73.4. The highest BCUT2D eigenvalue weighted by atomic mass is 32.3. The van der Waals surface area contributed by atoms with Crippen molar-refractivity contribution < 1.29 is 144 Å². The molecular formula is C78H109B4F5N20O26S2. The molecule has 15 heterocycles. The summed E-state index contributed by atoms with van der Waals surface area (Å²) in [4.78, 5) is 189. The molecule has 2 aromatic carbocycles. The van der Waals surface area contributed by atoms with Gasteiger partial charge in [-0.15, -0.1) is 8.57 Å². The number of hydrogen-bond acceptors (Lipinski definition) is 29. The highest BCUT2D eigenvalue weighted by Crippen LogP contribution is 2.37. The number of nitrogens with zero attached hydrogens (tertiary/aromatic N) is 14. The summed E-state index contributed by atoms with van der Waals surface area (Å²) >= 11 is 0. The van der Waals surface area contributed by atoms with Crippen LogP contribution in [0.5, 0.6) is 0 Å². The third-order valence-electron chi connectivity index (χ3n) is 26.1. The van der Waals surface area contributed by atoms with Gasteiger partial charge >= 0.3 is 56.9 Å². The lowest BCUT2D eigenvalue weighted by Crippen LogP contribution is -2.57. The number of urea groups is 5. The van der Waals surface area contributed by atoms with Gasteiger partial charge in [0, 0.05) is 71.5 Å². The van der Waals surface area contributed by atoms with Crippen LogP contribution in [-0.2, 0) is 95.4 Å². The van der Waals surface area contributed by atoms with Crippen LogP contribution in [0.3, 0.4) is 0 Å². The van der Waals surface area contributed by atoms with E-state index in [4.69, 9.17) is 29.6 Å². The first-order valence-electron chi connectivity index (χ1n) is 44.5. The molecule has 2 aromatic rings. The van der Waals surface area contributed by atoms with E-state index in [0.29, 0.717) is 189 Å². The maximum absolute atomic E-state index is 14.4. The molecule has 0 saturated carbocycles. The lowest BCUT2D eigenvalue weighted by Gasteiger charge is -2.36.